The van der Waals surface area contributed by atoms with Gasteiger partial charge in [-0.25, -0.2) is 0 Å². The number of hydrogen-bond donors (Lipinski definition) is 1. The largest absolute Gasteiger partial charge is 0.372 e. The van der Waals surface area contributed by atoms with Crippen LogP contribution in [0.15, 0.2) is 28.7 Å². The molecule has 1 aromatic carbocycles. The molecule has 84 valence electrons. The summed E-state index contributed by atoms with van der Waals surface area (Å²) < 4.78 is 6.81. The van der Waals surface area contributed by atoms with Crippen LogP contribution in [0.3, 0.4) is 0 Å². The standard InChI is InChI=1S/C12H18BrNO/c1-2-3-12(8-14)15-9-10-4-6-11(13)7-5-10/h4-7,12H,2-3,8-9,14H2,1H3. The SMILES string of the molecule is CCCC(CN)OCc1ccc(Br)cc1. The lowest BCUT2D eigenvalue weighted by Crippen LogP contribution is -2.23. The lowest BCUT2D eigenvalue weighted by atomic mass is 10.2. The van der Waals surface area contributed by atoms with Gasteiger partial charge in [-0.1, -0.05) is 41.4 Å². The highest BCUT2D eigenvalue weighted by atomic mass is 79.9. The minimum Gasteiger partial charge on any atom is -0.372 e. The van der Waals surface area contributed by atoms with E-state index in [1.165, 1.54) is 5.56 Å². The van der Waals surface area contributed by atoms with Crippen LogP contribution in [0.5, 0.6) is 0 Å². The smallest absolute Gasteiger partial charge is 0.0721 e. The maximum atomic E-state index is 5.72. The minimum absolute atomic E-state index is 0.193. The van der Waals surface area contributed by atoms with Crippen molar-refractivity contribution in [1.29, 1.82) is 0 Å². The number of halogens is 1. The molecule has 0 aromatic heterocycles. The molecule has 0 saturated carbocycles. The van der Waals surface area contributed by atoms with Crippen LogP contribution in [0.4, 0.5) is 0 Å². The van der Waals surface area contributed by atoms with Gasteiger partial charge in [0.15, 0.2) is 0 Å². The highest BCUT2D eigenvalue weighted by molar-refractivity contribution is 9.10. The first-order valence-corrected chi connectivity index (χ1v) is 6.11. The van der Waals surface area contributed by atoms with Gasteiger partial charge in [-0.3, -0.25) is 0 Å². The van der Waals surface area contributed by atoms with Gasteiger partial charge >= 0.3 is 0 Å². The fraction of sp³-hybridized carbons (Fsp3) is 0.500. The molecule has 0 aliphatic rings. The minimum atomic E-state index is 0.193. The molecule has 0 bridgehead atoms. The molecule has 0 aliphatic heterocycles. The molecule has 1 atom stereocenters. The summed E-state index contributed by atoms with van der Waals surface area (Å²) in [6, 6.07) is 8.17. The van der Waals surface area contributed by atoms with E-state index in [0.717, 1.165) is 17.3 Å². The van der Waals surface area contributed by atoms with Gasteiger partial charge in [0.2, 0.25) is 0 Å². The van der Waals surface area contributed by atoms with Gasteiger partial charge in [0.05, 0.1) is 12.7 Å². The first-order chi connectivity index (χ1) is 7.26. The van der Waals surface area contributed by atoms with Crippen LogP contribution < -0.4 is 5.73 Å². The summed E-state index contributed by atoms with van der Waals surface area (Å²) in [5, 5.41) is 0. The quantitative estimate of drug-likeness (QED) is 0.863. The maximum absolute atomic E-state index is 5.72. The van der Waals surface area contributed by atoms with E-state index in [1.807, 2.05) is 12.1 Å². The van der Waals surface area contributed by atoms with E-state index in [1.54, 1.807) is 0 Å². The van der Waals surface area contributed by atoms with Crippen molar-refractivity contribution in [2.45, 2.75) is 32.5 Å². The predicted molar refractivity (Wildman–Crippen MR) is 66.7 cm³/mol. The number of hydrogen-bond acceptors (Lipinski definition) is 2. The molecule has 2 nitrogen and oxygen atoms in total. The van der Waals surface area contributed by atoms with Gasteiger partial charge in [0.1, 0.15) is 0 Å². The zero-order valence-electron chi connectivity index (χ0n) is 9.08. The third kappa shape index (κ3) is 4.78. The molecule has 0 amide bonds. The summed E-state index contributed by atoms with van der Waals surface area (Å²) in [6.07, 6.45) is 2.34. The van der Waals surface area contributed by atoms with E-state index in [4.69, 9.17) is 10.5 Å². The van der Waals surface area contributed by atoms with Gasteiger partial charge < -0.3 is 10.5 Å². The molecule has 1 rings (SSSR count). The molecule has 0 fully saturated rings. The lowest BCUT2D eigenvalue weighted by molar-refractivity contribution is 0.0404. The molecule has 0 radical (unpaired) electrons. The third-order valence-electron chi connectivity index (χ3n) is 2.27. The van der Waals surface area contributed by atoms with Crippen LogP contribution in [0, 0.1) is 0 Å². The first kappa shape index (κ1) is 12.7. The summed E-state index contributed by atoms with van der Waals surface area (Å²) in [4.78, 5) is 0. The fourth-order valence-electron chi connectivity index (χ4n) is 1.39. The molecule has 0 aliphatic carbocycles. The Labute approximate surface area is 99.9 Å². The summed E-state index contributed by atoms with van der Waals surface area (Å²) in [6.45, 7) is 3.39. The Kier molecular flexibility index (Phi) is 5.91. The van der Waals surface area contributed by atoms with Gasteiger partial charge in [-0.05, 0) is 24.1 Å². The third-order valence-corrected chi connectivity index (χ3v) is 2.80. The summed E-state index contributed by atoms with van der Waals surface area (Å²) in [5.74, 6) is 0. The molecule has 15 heavy (non-hydrogen) atoms. The zero-order chi connectivity index (χ0) is 11.1. The van der Waals surface area contributed by atoms with E-state index in [9.17, 15) is 0 Å². The Morgan fingerprint density at radius 1 is 1.33 bits per heavy atom. The molecular formula is C12H18BrNO. The number of nitrogens with two attached hydrogens (primary N) is 1. The van der Waals surface area contributed by atoms with Crippen LogP contribution in [0.25, 0.3) is 0 Å². The Balaban J connectivity index is 2.38. The first-order valence-electron chi connectivity index (χ1n) is 5.32. The van der Waals surface area contributed by atoms with Crippen molar-refractivity contribution in [1.82, 2.24) is 0 Å². The van der Waals surface area contributed by atoms with Crippen LogP contribution >= 0.6 is 15.9 Å². The molecule has 1 unspecified atom stereocenters. The Hall–Kier alpha value is -0.380. The van der Waals surface area contributed by atoms with Crippen LogP contribution in [-0.2, 0) is 11.3 Å². The fourth-order valence-corrected chi connectivity index (χ4v) is 1.65. The van der Waals surface area contributed by atoms with Gasteiger partial charge in [0.25, 0.3) is 0 Å². The van der Waals surface area contributed by atoms with Gasteiger partial charge in [-0.15, -0.1) is 0 Å². The Bertz CT molecular complexity index is 273. The van der Waals surface area contributed by atoms with Gasteiger partial charge in [-0.2, -0.15) is 0 Å². The van der Waals surface area contributed by atoms with Crippen molar-refractivity contribution < 1.29 is 4.74 Å². The summed E-state index contributed by atoms with van der Waals surface area (Å²) >= 11 is 3.40. The number of rotatable bonds is 6. The molecular weight excluding hydrogens is 254 g/mol. The Morgan fingerprint density at radius 2 is 2.00 bits per heavy atom. The highest BCUT2D eigenvalue weighted by Gasteiger charge is 2.05. The van der Waals surface area contributed by atoms with E-state index >= 15 is 0 Å². The lowest BCUT2D eigenvalue weighted by Gasteiger charge is -2.14. The van der Waals surface area contributed by atoms with E-state index in [0.29, 0.717) is 13.2 Å². The second-order valence-corrected chi connectivity index (χ2v) is 4.50. The summed E-state index contributed by atoms with van der Waals surface area (Å²) in [5.41, 5.74) is 6.80. The van der Waals surface area contributed by atoms with Crippen molar-refractivity contribution in [3.8, 4) is 0 Å². The summed E-state index contributed by atoms with van der Waals surface area (Å²) in [7, 11) is 0. The topological polar surface area (TPSA) is 35.2 Å². The van der Waals surface area contributed by atoms with Crippen molar-refractivity contribution >= 4 is 15.9 Å². The second-order valence-electron chi connectivity index (χ2n) is 3.58. The number of ether oxygens (including phenoxy) is 1. The normalized spacial score (nSPS) is 12.7. The number of benzene rings is 1. The van der Waals surface area contributed by atoms with Crippen molar-refractivity contribution in [2.24, 2.45) is 5.73 Å². The second kappa shape index (κ2) is 6.99. The van der Waals surface area contributed by atoms with Gasteiger partial charge in [0, 0.05) is 11.0 Å². The van der Waals surface area contributed by atoms with E-state index in [-0.39, 0.29) is 6.10 Å². The van der Waals surface area contributed by atoms with Crippen molar-refractivity contribution in [3.63, 3.8) is 0 Å². The molecule has 0 saturated heterocycles. The molecule has 3 heteroatoms. The highest BCUT2D eigenvalue weighted by Crippen LogP contribution is 2.12. The molecule has 1 aromatic rings. The zero-order valence-corrected chi connectivity index (χ0v) is 10.7. The Morgan fingerprint density at radius 3 is 2.53 bits per heavy atom. The average molecular weight is 272 g/mol. The van der Waals surface area contributed by atoms with E-state index < -0.39 is 0 Å². The predicted octanol–water partition coefficient (Wildman–Crippen LogP) is 3.09. The average Bonchev–Trinajstić information content (AvgIpc) is 2.26. The molecule has 0 heterocycles. The van der Waals surface area contributed by atoms with E-state index in [2.05, 4.69) is 35.0 Å². The van der Waals surface area contributed by atoms with Crippen LogP contribution in [0.1, 0.15) is 25.3 Å². The molecule has 0 spiro atoms. The van der Waals surface area contributed by atoms with Crippen molar-refractivity contribution in [3.05, 3.63) is 34.3 Å². The van der Waals surface area contributed by atoms with Crippen molar-refractivity contribution in [2.75, 3.05) is 6.54 Å². The van der Waals surface area contributed by atoms with Crippen LogP contribution in [-0.4, -0.2) is 12.6 Å². The van der Waals surface area contributed by atoms with Crippen LogP contribution in [0.2, 0.25) is 0 Å². The molecule has 2 N–H and O–H groups in total. The maximum Gasteiger partial charge on any atom is 0.0721 e. The monoisotopic (exact) mass is 271 g/mol.